The Labute approximate surface area is 166 Å². The average Bonchev–Trinajstić information content (AvgIpc) is 3.14. The van der Waals surface area contributed by atoms with Crippen molar-refractivity contribution in [1.82, 2.24) is 20.3 Å². The normalized spacial score (nSPS) is 17.2. The molecule has 1 saturated heterocycles. The molecule has 0 bridgehead atoms. The Morgan fingerprint density at radius 1 is 1.14 bits per heavy atom. The van der Waals surface area contributed by atoms with Crippen LogP contribution in [0.1, 0.15) is 24.0 Å². The van der Waals surface area contributed by atoms with Crippen LogP contribution in [0.5, 0.6) is 0 Å². The summed E-state index contributed by atoms with van der Waals surface area (Å²) >= 11 is 0. The SMILES string of the molecule is CNS(=O)(=O)Cc1ccc(CNC(=O)N2CCCC2C(=O)NCC(F)(F)F)cc1. The molecule has 0 aromatic heterocycles. The van der Waals surface area contributed by atoms with Crippen LogP contribution in [0.2, 0.25) is 0 Å². The Kier molecular flexibility index (Phi) is 7.47. The first-order valence-electron chi connectivity index (χ1n) is 8.89. The highest BCUT2D eigenvalue weighted by atomic mass is 32.2. The molecule has 0 radical (unpaired) electrons. The zero-order valence-electron chi connectivity index (χ0n) is 15.8. The third-order valence-electron chi connectivity index (χ3n) is 4.41. The maximum atomic E-state index is 12.4. The molecule has 0 spiro atoms. The number of nitrogens with zero attached hydrogens (tertiary/aromatic N) is 1. The number of nitrogens with one attached hydrogen (secondary N) is 3. The number of halogens is 3. The molecule has 29 heavy (non-hydrogen) atoms. The van der Waals surface area contributed by atoms with Gasteiger partial charge in [0.1, 0.15) is 12.6 Å². The molecule has 1 heterocycles. The van der Waals surface area contributed by atoms with E-state index in [-0.39, 0.29) is 18.8 Å². The predicted octanol–water partition coefficient (Wildman–Crippen LogP) is 1.09. The van der Waals surface area contributed by atoms with Crippen LogP contribution in [-0.4, -0.2) is 57.6 Å². The van der Waals surface area contributed by atoms with E-state index in [1.54, 1.807) is 24.3 Å². The number of carbonyl (C=O) groups excluding carboxylic acids is 2. The molecule has 1 aromatic carbocycles. The van der Waals surface area contributed by atoms with Gasteiger partial charge in [-0.2, -0.15) is 13.2 Å². The molecular formula is C17H23F3N4O4S. The van der Waals surface area contributed by atoms with Crippen LogP contribution < -0.4 is 15.4 Å². The lowest BCUT2D eigenvalue weighted by molar-refractivity contribution is -0.140. The molecule has 1 aliphatic rings. The Hall–Kier alpha value is -2.34. The van der Waals surface area contributed by atoms with Crippen molar-refractivity contribution in [1.29, 1.82) is 0 Å². The standard InChI is InChI=1S/C17H23F3N4O4S/c1-21-29(27,28)10-13-6-4-12(5-7-13)9-22-16(26)24-8-2-3-14(24)15(25)23-11-17(18,19)20/h4-7,14,21H,2-3,8-11H2,1H3,(H,22,26)(H,23,25). The first-order chi connectivity index (χ1) is 13.5. The quantitative estimate of drug-likeness (QED) is 0.595. The van der Waals surface area contributed by atoms with Crippen molar-refractivity contribution < 1.29 is 31.2 Å². The maximum absolute atomic E-state index is 12.4. The number of carbonyl (C=O) groups is 2. The van der Waals surface area contributed by atoms with Gasteiger partial charge in [-0.3, -0.25) is 4.79 Å². The van der Waals surface area contributed by atoms with Crippen molar-refractivity contribution in [3.8, 4) is 0 Å². The van der Waals surface area contributed by atoms with Crippen LogP contribution in [0, 0.1) is 0 Å². The summed E-state index contributed by atoms with van der Waals surface area (Å²) in [4.78, 5) is 25.5. The molecule has 1 atom stereocenters. The second-order valence-electron chi connectivity index (χ2n) is 6.62. The molecule has 3 N–H and O–H groups in total. The van der Waals surface area contributed by atoms with E-state index in [0.717, 1.165) is 0 Å². The van der Waals surface area contributed by atoms with E-state index >= 15 is 0 Å². The molecule has 1 aliphatic heterocycles. The summed E-state index contributed by atoms with van der Waals surface area (Å²) in [5.74, 6) is -0.997. The Bertz CT molecular complexity index is 828. The van der Waals surface area contributed by atoms with Gasteiger partial charge in [-0.05, 0) is 31.0 Å². The molecule has 0 saturated carbocycles. The van der Waals surface area contributed by atoms with E-state index in [1.807, 2.05) is 5.32 Å². The average molecular weight is 436 g/mol. The number of likely N-dealkylation sites (tertiary alicyclic amines) is 1. The van der Waals surface area contributed by atoms with E-state index in [4.69, 9.17) is 0 Å². The van der Waals surface area contributed by atoms with Gasteiger partial charge in [0.25, 0.3) is 0 Å². The summed E-state index contributed by atoms with van der Waals surface area (Å²) in [5.41, 5.74) is 1.29. The van der Waals surface area contributed by atoms with Gasteiger partial charge in [0, 0.05) is 13.1 Å². The summed E-state index contributed by atoms with van der Waals surface area (Å²) in [5, 5.41) is 4.44. The topological polar surface area (TPSA) is 108 Å². The van der Waals surface area contributed by atoms with Gasteiger partial charge in [-0.15, -0.1) is 0 Å². The molecule has 12 heteroatoms. The number of amides is 3. The second-order valence-corrected chi connectivity index (χ2v) is 8.55. The summed E-state index contributed by atoms with van der Waals surface area (Å²) in [7, 11) is -2.06. The summed E-state index contributed by atoms with van der Waals surface area (Å²) in [6.07, 6.45) is -3.70. The minimum absolute atomic E-state index is 0.130. The van der Waals surface area contributed by atoms with Gasteiger partial charge in [0.2, 0.25) is 15.9 Å². The second kappa shape index (κ2) is 9.44. The van der Waals surface area contributed by atoms with Crippen molar-refractivity contribution in [2.24, 2.45) is 0 Å². The van der Waals surface area contributed by atoms with Gasteiger partial charge >= 0.3 is 12.2 Å². The molecule has 1 unspecified atom stereocenters. The first kappa shape index (κ1) is 22.9. The first-order valence-corrected chi connectivity index (χ1v) is 10.5. The summed E-state index contributed by atoms with van der Waals surface area (Å²) in [6, 6.07) is 5.10. The smallest absolute Gasteiger partial charge is 0.345 e. The number of urea groups is 1. The van der Waals surface area contributed by atoms with Crippen LogP contribution >= 0.6 is 0 Å². The number of hydrogen-bond acceptors (Lipinski definition) is 4. The molecule has 8 nitrogen and oxygen atoms in total. The third-order valence-corrected chi connectivity index (χ3v) is 5.75. The fraction of sp³-hybridized carbons (Fsp3) is 0.529. The highest BCUT2D eigenvalue weighted by Crippen LogP contribution is 2.19. The monoisotopic (exact) mass is 436 g/mol. The van der Waals surface area contributed by atoms with Crippen LogP contribution in [0.4, 0.5) is 18.0 Å². The number of rotatable bonds is 7. The van der Waals surface area contributed by atoms with Crippen LogP contribution in [-0.2, 0) is 27.1 Å². The Morgan fingerprint density at radius 3 is 2.34 bits per heavy atom. The van der Waals surface area contributed by atoms with Crippen molar-refractivity contribution in [3.05, 3.63) is 35.4 Å². The minimum atomic E-state index is -4.51. The van der Waals surface area contributed by atoms with Gasteiger partial charge < -0.3 is 15.5 Å². The highest BCUT2D eigenvalue weighted by Gasteiger charge is 2.36. The third kappa shape index (κ3) is 7.20. The van der Waals surface area contributed by atoms with E-state index in [2.05, 4.69) is 10.0 Å². The fourth-order valence-corrected chi connectivity index (χ4v) is 3.69. The molecule has 0 aliphatic carbocycles. The number of benzene rings is 1. The molecule has 2 rings (SSSR count). The van der Waals surface area contributed by atoms with E-state index in [0.29, 0.717) is 24.0 Å². The van der Waals surface area contributed by atoms with Gasteiger partial charge in [0.05, 0.1) is 5.75 Å². The van der Waals surface area contributed by atoms with Crippen LogP contribution in [0.25, 0.3) is 0 Å². The Morgan fingerprint density at radius 2 is 1.76 bits per heavy atom. The van der Waals surface area contributed by atoms with Gasteiger partial charge in [-0.25, -0.2) is 17.9 Å². The summed E-state index contributed by atoms with van der Waals surface area (Å²) < 4.78 is 62.1. The van der Waals surface area contributed by atoms with Gasteiger partial charge in [-0.1, -0.05) is 24.3 Å². The largest absolute Gasteiger partial charge is 0.405 e. The Balaban J connectivity index is 1.88. The fourth-order valence-electron chi connectivity index (χ4n) is 2.91. The van der Waals surface area contributed by atoms with Crippen molar-refractivity contribution in [2.75, 3.05) is 20.1 Å². The molecular weight excluding hydrogens is 413 g/mol. The molecule has 162 valence electrons. The van der Waals surface area contributed by atoms with Crippen molar-refractivity contribution in [3.63, 3.8) is 0 Å². The molecule has 3 amide bonds. The van der Waals surface area contributed by atoms with E-state index in [1.165, 1.54) is 11.9 Å². The van der Waals surface area contributed by atoms with Crippen molar-refractivity contribution >= 4 is 22.0 Å². The van der Waals surface area contributed by atoms with Crippen LogP contribution in [0.15, 0.2) is 24.3 Å². The number of sulfonamides is 1. The number of alkyl halides is 3. The molecule has 1 aromatic rings. The predicted molar refractivity (Wildman–Crippen MR) is 99.2 cm³/mol. The lowest BCUT2D eigenvalue weighted by Gasteiger charge is -2.24. The minimum Gasteiger partial charge on any atom is -0.345 e. The van der Waals surface area contributed by atoms with Gasteiger partial charge in [0.15, 0.2) is 0 Å². The van der Waals surface area contributed by atoms with Crippen molar-refractivity contribution in [2.45, 2.75) is 37.4 Å². The lowest BCUT2D eigenvalue weighted by Crippen LogP contribution is -2.50. The number of hydrogen-bond donors (Lipinski definition) is 3. The zero-order valence-corrected chi connectivity index (χ0v) is 16.6. The van der Waals surface area contributed by atoms with Crippen LogP contribution in [0.3, 0.4) is 0 Å². The zero-order chi connectivity index (χ0) is 21.7. The lowest BCUT2D eigenvalue weighted by atomic mass is 10.1. The van der Waals surface area contributed by atoms with E-state index < -0.39 is 40.7 Å². The summed E-state index contributed by atoms with van der Waals surface area (Å²) in [6.45, 7) is -1.03. The van der Waals surface area contributed by atoms with E-state index in [9.17, 15) is 31.2 Å². The highest BCUT2D eigenvalue weighted by molar-refractivity contribution is 7.88. The maximum Gasteiger partial charge on any atom is 0.405 e. The molecule has 1 fully saturated rings.